The number of nitrogens with zero attached hydrogens (tertiary/aromatic N) is 2. The fraction of sp³-hybridized carbons (Fsp3) is 0.250. The van der Waals surface area contributed by atoms with Crippen LogP contribution in [0.5, 0.6) is 0 Å². The first-order valence-electron chi connectivity index (χ1n) is 3.85. The molecule has 2 heterocycles. The highest BCUT2D eigenvalue weighted by Gasteiger charge is 2.11. The summed E-state index contributed by atoms with van der Waals surface area (Å²) in [6.45, 7) is 2.02. The molecule has 0 fully saturated rings. The van der Waals surface area contributed by atoms with Crippen LogP contribution in [0.25, 0.3) is 10.8 Å². The first-order chi connectivity index (χ1) is 6.70. The molecule has 0 N–H and O–H groups in total. The Hall–Kier alpha value is -0.390. The lowest BCUT2D eigenvalue weighted by molar-refractivity contribution is 0.528. The van der Waals surface area contributed by atoms with E-state index in [1.54, 1.807) is 11.3 Å². The summed E-state index contributed by atoms with van der Waals surface area (Å²) in [6.07, 6.45) is 0. The van der Waals surface area contributed by atoms with Crippen LogP contribution in [0.1, 0.15) is 11.5 Å². The van der Waals surface area contributed by atoms with Crippen LogP contribution in [0.3, 0.4) is 0 Å². The first kappa shape index (κ1) is 10.1. The fourth-order valence-corrected chi connectivity index (χ4v) is 2.54. The van der Waals surface area contributed by atoms with Crippen LogP contribution in [0, 0.1) is 6.92 Å². The highest BCUT2D eigenvalue weighted by Crippen LogP contribution is 2.33. The second-order valence-corrected chi connectivity index (χ2v) is 5.34. The summed E-state index contributed by atoms with van der Waals surface area (Å²) < 4.78 is 6.40. The predicted octanol–water partition coefficient (Wildman–Crippen LogP) is 3.61. The number of rotatable bonds is 2. The number of aryl methyl sites for hydroxylation is 1. The SMILES string of the molecule is Cc1cc(-c2nnc(CCl)o2)sc1Br. The zero-order valence-electron chi connectivity index (χ0n) is 7.25. The maximum absolute atomic E-state index is 5.56. The molecular formula is C8H6BrClN2OS. The maximum Gasteiger partial charge on any atom is 0.257 e. The second-order valence-electron chi connectivity index (χ2n) is 2.70. The molecule has 2 aromatic heterocycles. The van der Waals surface area contributed by atoms with Crippen molar-refractivity contribution in [1.29, 1.82) is 0 Å². The van der Waals surface area contributed by atoms with Gasteiger partial charge in [-0.2, -0.15) is 0 Å². The number of aromatic nitrogens is 2. The van der Waals surface area contributed by atoms with E-state index in [9.17, 15) is 0 Å². The predicted molar refractivity (Wildman–Crippen MR) is 59.6 cm³/mol. The number of hydrogen-bond acceptors (Lipinski definition) is 4. The van der Waals surface area contributed by atoms with Gasteiger partial charge < -0.3 is 4.42 Å². The van der Waals surface area contributed by atoms with Crippen LogP contribution in [0.2, 0.25) is 0 Å². The topological polar surface area (TPSA) is 38.9 Å². The normalized spacial score (nSPS) is 10.8. The van der Waals surface area contributed by atoms with Crippen molar-refractivity contribution in [2.75, 3.05) is 0 Å². The maximum atomic E-state index is 5.56. The average molecular weight is 294 g/mol. The molecule has 0 saturated heterocycles. The molecule has 2 aromatic rings. The van der Waals surface area contributed by atoms with E-state index in [0.29, 0.717) is 11.8 Å². The third kappa shape index (κ3) is 1.85. The summed E-state index contributed by atoms with van der Waals surface area (Å²) in [5.74, 6) is 1.22. The van der Waals surface area contributed by atoms with E-state index in [1.165, 1.54) is 0 Å². The molecule has 0 atom stereocenters. The number of halogens is 2. The minimum Gasteiger partial charge on any atom is -0.419 e. The zero-order chi connectivity index (χ0) is 10.1. The van der Waals surface area contributed by atoms with Gasteiger partial charge in [0.05, 0.1) is 8.66 Å². The van der Waals surface area contributed by atoms with Gasteiger partial charge in [-0.1, -0.05) is 0 Å². The Bertz CT molecular complexity index is 434. The number of alkyl halides is 1. The lowest BCUT2D eigenvalue weighted by atomic mass is 10.3. The van der Waals surface area contributed by atoms with Crippen molar-refractivity contribution in [2.45, 2.75) is 12.8 Å². The Morgan fingerprint density at radius 2 is 2.36 bits per heavy atom. The Morgan fingerprint density at radius 3 is 2.86 bits per heavy atom. The van der Waals surface area contributed by atoms with Gasteiger partial charge in [-0.3, -0.25) is 0 Å². The summed E-state index contributed by atoms with van der Waals surface area (Å²) in [5.41, 5.74) is 1.16. The standard InChI is InChI=1S/C8H6BrClN2OS/c1-4-2-5(14-7(4)9)8-12-11-6(3-10)13-8/h2H,3H2,1H3. The minimum absolute atomic E-state index is 0.249. The molecule has 0 saturated carbocycles. The van der Waals surface area contributed by atoms with Gasteiger partial charge in [-0.25, -0.2) is 0 Å². The molecule has 0 bridgehead atoms. The van der Waals surface area contributed by atoms with Crippen LogP contribution >= 0.6 is 38.9 Å². The van der Waals surface area contributed by atoms with Crippen molar-refractivity contribution in [2.24, 2.45) is 0 Å². The second kappa shape index (κ2) is 4.00. The van der Waals surface area contributed by atoms with E-state index < -0.39 is 0 Å². The molecule has 0 aromatic carbocycles. The smallest absolute Gasteiger partial charge is 0.257 e. The van der Waals surface area contributed by atoms with Crippen molar-refractivity contribution in [3.8, 4) is 10.8 Å². The van der Waals surface area contributed by atoms with Gasteiger partial charge in [-0.15, -0.1) is 33.1 Å². The number of thiophene rings is 1. The molecule has 0 aliphatic rings. The Morgan fingerprint density at radius 1 is 1.57 bits per heavy atom. The van der Waals surface area contributed by atoms with E-state index in [1.807, 2.05) is 13.0 Å². The van der Waals surface area contributed by atoms with Gasteiger partial charge in [0.2, 0.25) is 5.89 Å². The highest BCUT2D eigenvalue weighted by molar-refractivity contribution is 9.11. The van der Waals surface area contributed by atoms with E-state index in [2.05, 4.69) is 26.1 Å². The Kier molecular flexibility index (Phi) is 2.90. The molecule has 0 radical (unpaired) electrons. The molecule has 14 heavy (non-hydrogen) atoms. The molecule has 0 spiro atoms. The highest BCUT2D eigenvalue weighted by atomic mass is 79.9. The summed E-state index contributed by atoms with van der Waals surface area (Å²) >= 11 is 10.6. The van der Waals surface area contributed by atoms with Crippen molar-refractivity contribution in [3.05, 3.63) is 21.3 Å². The lowest BCUT2D eigenvalue weighted by Crippen LogP contribution is -1.73. The van der Waals surface area contributed by atoms with E-state index >= 15 is 0 Å². The minimum atomic E-state index is 0.249. The molecule has 74 valence electrons. The van der Waals surface area contributed by atoms with E-state index in [-0.39, 0.29) is 5.88 Å². The Labute approximate surface area is 98.2 Å². The van der Waals surface area contributed by atoms with Crippen LogP contribution in [-0.4, -0.2) is 10.2 Å². The van der Waals surface area contributed by atoms with Crippen molar-refractivity contribution in [3.63, 3.8) is 0 Å². The zero-order valence-corrected chi connectivity index (χ0v) is 10.4. The van der Waals surface area contributed by atoms with Gasteiger partial charge in [0.15, 0.2) is 0 Å². The van der Waals surface area contributed by atoms with Crippen molar-refractivity contribution >= 4 is 38.9 Å². The monoisotopic (exact) mass is 292 g/mol. The molecule has 0 amide bonds. The van der Waals surface area contributed by atoms with Gasteiger partial charge in [-0.05, 0) is 34.5 Å². The molecule has 0 unspecified atom stereocenters. The van der Waals surface area contributed by atoms with Gasteiger partial charge in [0.1, 0.15) is 5.88 Å². The van der Waals surface area contributed by atoms with Crippen LogP contribution < -0.4 is 0 Å². The summed E-state index contributed by atoms with van der Waals surface area (Å²) in [6, 6.07) is 2.00. The molecule has 6 heteroatoms. The molecule has 2 rings (SSSR count). The lowest BCUT2D eigenvalue weighted by Gasteiger charge is -1.84. The van der Waals surface area contributed by atoms with Gasteiger partial charge >= 0.3 is 0 Å². The van der Waals surface area contributed by atoms with Crippen LogP contribution in [0.15, 0.2) is 14.3 Å². The van der Waals surface area contributed by atoms with Crippen molar-refractivity contribution < 1.29 is 4.42 Å². The Balaban J connectivity index is 2.39. The van der Waals surface area contributed by atoms with Crippen molar-refractivity contribution in [1.82, 2.24) is 10.2 Å². The quantitative estimate of drug-likeness (QED) is 0.794. The molecule has 0 aliphatic carbocycles. The number of hydrogen-bond donors (Lipinski definition) is 0. The largest absolute Gasteiger partial charge is 0.419 e. The molecular weight excluding hydrogens is 288 g/mol. The first-order valence-corrected chi connectivity index (χ1v) is 5.99. The van der Waals surface area contributed by atoms with Gasteiger partial charge in [0, 0.05) is 0 Å². The van der Waals surface area contributed by atoms with Crippen LogP contribution in [-0.2, 0) is 5.88 Å². The summed E-state index contributed by atoms with van der Waals surface area (Å²) in [5, 5.41) is 7.69. The third-order valence-electron chi connectivity index (χ3n) is 1.65. The van der Waals surface area contributed by atoms with Crippen LogP contribution in [0.4, 0.5) is 0 Å². The summed E-state index contributed by atoms with van der Waals surface area (Å²) in [4.78, 5) is 0.957. The average Bonchev–Trinajstić information content (AvgIpc) is 2.74. The van der Waals surface area contributed by atoms with E-state index in [0.717, 1.165) is 14.2 Å². The van der Waals surface area contributed by atoms with E-state index in [4.69, 9.17) is 16.0 Å². The summed E-state index contributed by atoms with van der Waals surface area (Å²) in [7, 11) is 0. The molecule has 3 nitrogen and oxygen atoms in total. The van der Waals surface area contributed by atoms with Gasteiger partial charge in [0.25, 0.3) is 5.89 Å². The third-order valence-corrected chi connectivity index (χ3v) is 4.00. The molecule has 0 aliphatic heterocycles. The fourth-order valence-electron chi connectivity index (χ4n) is 0.972.